The first kappa shape index (κ1) is 31.5. The molecule has 0 heterocycles. The van der Waals surface area contributed by atoms with Gasteiger partial charge < -0.3 is 9.47 Å². The molecule has 3 nitrogen and oxygen atoms in total. The Balaban J connectivity index is 1.96. The smallest absolute Gasteiger partial charge is 0.306 e. The van der Waals surface area contributed by atoms with Crippen LogP contribution in [0.5, 0.6) is 5.75 Å². The van der Waals surface area contributed by atoms with Crippen LogP contribution in [-0.4, -0.2) is 19.7 Å². The summed E-state index contributed by atoms with van der Waals surface area (Å²) in [5.74, 6) is 0.825. The number of benzene rings is 1. The van der Waals surface area contributed by atoms with Crippen molar-refractivity contribution in [3.8, 4) is 5.75 Å². The molecule has 0 spiro atoms. The van der Waals surface area contributed by atoms with Gasteiger partial charge in [-0.1, -0.05) is 136 Å². The van der Waals surface area contributed by atoms with Gasteiger partial charge in [0.25, 0.3) is 0 Å². The summed E-state index contributed by atoms with van der Waals surface area (Å²) >= 11 is 0. The zero-order valence-corrected chi connectivity index (χ0v) is 23.9. The van der Waals surface area contributed by atoms with Gasteiger partial charge in [0.05, 0.1) is 13.7 Å². The lowest BCUT2D eigenvalue weighted by Crippen LogP contribution is -2.13. The van der Waals surface area contributed by atoms with Crippen LogP contribution < -0.4 is 4.74 Å². The van der Waals surface area contributed by atoms with Crippen LogP contribution in [0.3, 0.4) is 0 Å². The van der Waals surface area contributed by atoms with Crippen LogP contribution in [0.2, 0.25) is 0 Å². The second-order valence-electron chi connectivity index (χ2n) is 11.3. The van der Waals surface area contributed by atoms with Crippen LogP contribution in [0.1, 0.15) is 148 Å². The number of methoxy groups -OCH3 is 1. The minimum Gasteiger partial charge on any atom is -0.496 e. The zero-order chi connectivity index (χ0) is 25.8. The van der Waals surface area contributed by atoms with Crippen LogP contribution >= 0.6 is 0 Å². The maximum absolute atomic E-state index is 12.1. The molecule has 0 saturated carbocycles. The first-order valence-corrected chi connectivity index (χ1v) is 14.7. The highest BCUT2D eigenvalue weighted by Crippen LogP contribution is 2.32. The molecule has 0 saturated heterocycles. The summed E-state index contributed by atoms with van der Waals surface area (Å²) in [7, 11) is 1.71. The molecular formula is C32H56O3. The number of ether oxygens (including phenoxy) is 2. The van der Waals surface area contributed by atoms with Gasteiger partial charge in [-0.15, -0.1) is 0 Å². The molecule has 0 aliphatic heterocycles. The molecule has 0 unspecified atom stereocenters. The molecule has 1 aromatic rings. The monoisotopic (exact) mass is 488 g/mol. The SMILES string of the molecule is CCCCCCCCCCCCCCCCCCOC(=O)CCc1ccc(OC)c(C(C)(C)C)c1. The number of hydrogen-bond donors (Lipinski definition) is 0. The lowest BCUT2D eigenvalue weighted by atomic mass is 9.85. The Bertz CT molecular complexity index is 659. The molecule has 3 heteroatoms. The van der Waals surface area contributed by atoms with Gasteiger partial charge in [-0.2, -0.15) is 0 Å². The quantitative estimate of drug-likeness (QED) is 0.128. The van der Waals surface area contributed by atoms with Crippen molar-refractivity contribution in [2.45, 2.75) is 149 Å². The summed E-state index contributed by atoms with van der Waals surface area (Å²) < 4.78 is 11.0. The van der Waals surface area contributed by atoms with Gasteiger partial charge in [0, 0.05) is 6.42 Å². The summed E-state index contributed by atoms with van der Waals surface area (Å²) in [6.07, 6.45) is 22.8. The summed E-state index contributed by atoms with van der Waals surface area (Å²) in [6.45, 7) is 9.39. The number of carbonyl (C=O) groups is 1. The molecule has 0 fully saturated rings. The highest BCUT2D eigenvalue weighted by molar-refractivity contribution is 5.69. The normalized spacial score (nSPS) is 11.6. The van der Waals surface area contributed by atoms with Crippen LogP contribution in [-0.2, 0) is 21.4 Å². The Labute approximate surface area is 217 Å². The predicted molar refractivity (Wildman–Crippen MR) is 151 cm³/mol. The number of hydrogen-bond acceptors (Lipinski definition) is 3. The molecule has 0 radical (unpaired) electrons. The molecule has 35 heavy (non-hydrogen) atoms. The summed E-state index contributed by atoms with van der Waals surface area (Å²) in [5.41, 5.74) is 2.35. The van der Waals surface area contributed by atoms with Crippen LogP contribution in [0, 0.1) is 0 Å². The van der Waals surface area contributed by atoms with Gasteiger partial charge in [0.2, 0.25) is 0 Å². The Hall–Kier alpha value is -1.51. The highest BCUT2D eigenvalue weighted by Gasteiger charge is 2.19. The third-order valence-electron chi connectivity index (χ3n) is 6.95. The molecule has 0 amide bonds. The summed E-state index contributed by atoms with van der Waals surface area (Å²) in [5, 5.41) is 0. The van der Waals surface area contributed by atoms with E-state index in [1.165, 1.54) is 102 Å². The number of unbranched alkanes of at least 4 members (excludes halogenated alkanes) is 15. The van der Waals surface area contributed by atoms with Gasteiger partial charge >= 0.3 is 5.97 Å². The molecule has 1 aromatic carbocycles. The van der Waals surface area contributed by atoms with E-state index in [2.05, 4.69) is 39.8 Å². The number of rotatable bonds is 21. The van der Waals surface area contributed by atoms with E-state index in [-0.39, 0.29) is 11.4 Å². The van der Waals surface area contributed by atoms with Crippen LogP contribution in [0.15, 0.2) is 18.2 Å². The molecule has 0 aromatic heterocycles. The van der Waals surface area contributed by atoms with Crippen LogP contribution in [0.4, 0.5) is 0 Å². The van der Waals surface area contributed by atoms with Gasteiger partial charge in [-0.25, -0.2) is 0 Å². The van der Waals surface area contributed by atoms with Crippen molar-refractivity contribution in [3.63, 3.8) is 0 Å². The third kappa shape index (κ3) is 16.0. The van der Waals surface area contributed by atoms with E-state index < -0.39 is 0 Å². The van der Waals surface area contributed by atoms with Crippen molar-refractivity contribution < 1.29 is 14.3 Å². The molecule has 0 aliphatic carbocycles. The second kappa shape index (κ2) is 19.7. The Kier molecular flexibility index (Phi) is 17.7. The van der Waals surface area contributed by atoms with Gasteiger partial charge in [0.15, 0.2) is 0 Å². The Morgan fingerprint density at radius 2 is 1.23 bits per heavy atom. The van der Waals surface area contributed by atoms with E-state index in [9.17, 15) is 4.79 Å². The fourth-order valence-corrected chi connectivity index (χ4v) is 4.65. The van der Waals surface area contributed by atoms with E-state index in [4.69, 9.17) is 9.47 Å². The molecule has 0 atom stereocenters. The van der Waals surface area contributed by atoms with E-state index in [0.29, 0.717) is 19.4 Å². The van der Waals surface area contributed by atoms with Crippen molar-refractivity contribution >= 4 is 5.97 Å². The first-order chi connectivity index (χ1) is 16.9. The first-order valence-electron chi connectivity index (χ1n) is 14.7. The van der Waals surface area contributed by atoms with E-state index in [0.717, 1.165) is 17.7 Å². The van der Waals surface area contributed by atoms with Crippen molar-refractivity contribution in [1.82, 2.24) is 0 Å². The maximum Gasteiger partial charge on any atom is 0.306 e. The number of carbonyl (C=O) groups excluding carboxylic acids is 1. The number of aryl methyl sites for hydroxylation is 1. The minimum atomic E-state index is -0.0842. The zero-order valence-electron chi connectivity index (χ0n) is 23.9. The average molecular weight is 489 g/mol. The summed E-state index contributed by atoms with van der Waals surface area (Å²) in [6, 6.07) is 6.23. The Morgan fingerprint density at radius 1 is 0.743 bits per heavy atom. The molecular weight excluding hydrogens is 432 g/mol. The van der Waals surface area contributed by atoms with E-state index in [1.807, 2.05) is 6.07 Å². The van der Waals surface area contributed by atoms with Crippen molar-refractivity contribution in [2.24, 2.45) is 0 Å². The van der Waals surface area contributed by atoms with Gasteiger partial charge in [-0.3, -0.25) is 4.79 Å². The van der Waals surface area contributed by atoms with E-state index >= 15 is 0 Å². The van der Waals surface area contributed by atoms with Crippen molar-refractivity contribution in [3.05, 3.63) is 29.3 Å². The Morgan fingerprint density at radius 3 is 1.69 bits per heavy atom. The lowest BCUT2D eigenvalue weighted by molar-refractivity contribution is -0.143. The largest absolute Gasteiger partial charge is 0.496 e. The molecule has 0 bridgehead atoms. The molecule has 1 rings (SSSR count). The minimum absolute atomic E-state index is 0.00903. The fraction of sp³-hybridized carbons (Fsp3) is 0.781. The van der Waals surface area contributed by atoms with E-state index in [1.54, 1.807) is 7.11 Å². The molecule has 0 aliphatic rings. The van der Waals surface area contributed by atoms with Crippen LogP contribution in [0.25, 0.3) is 0 Å². The third-order valence-corrected chi connectivity index (χ3v) is 6.95. The van der Waals surface area contributed by atoms with Gasteiger partial charge in [-0.05, 0) is 35.4 Å². The van der Waals surface area contributed by atoms with Gasteiger partial charge in [0.1, 0.15) is 5.75 Å². The second-order valence-corrected chi connectivity index (χ2v) is 11.3. The fourth-order valence-electron chi connectivity index (χ4n) is 4.65. The number of esters is 1. The standard InChI is InChI=1S/C32H56O3/c1-6-7-8-9-10-11-12-13-14-15-16-17-18-19-20-21-26-35-31(33)25-23-28-22-24-30(34-5)29(27-28)32(2,3)4/h22,24,27H,6-21,23,25-26H2,1-5H3. The average Bonchev–Trinajstić information content (AvgIpc) is 2.84. The predicted octanol–water partition coefficient (Wildman–Crippen LogP) is 9.73. The highest BCUT2D eigenvalue weighted by atomic mass is 16.5. The maximum atomic E-state index is 12.1. The molecule has 0 N–H and O–H groups in total. The lowest BCUT2D eigenvalue weighted by Gasteiger charge is -2.23. The topological polar surface area (TPSA) is 35.5 Å². The summed E-state index contributed by atoms with van der Waals surface area (Å²) in [4.78, 5) is 12.1. The van der Waals surface area contributed by atoms with Crippen molar-refractivity contribution in [1.29, 1.82) is 0 Å². The molecule has 202 valence electrons. The van der Waals surface area contributed by atoms with Crippen molar-refractivity contribution in [2.75, 3.05) is 13.7 Å².